The molecule has 0 saturated carbocycles. The number of nitro groups is 1. The van der Waals surface area contributed by atoms with Gasteiger partial charge in [-0.1, -0.05) is 19.9 Å². The topological polar surface area (TPSA) is 96.0 Å². The van der Waals surface area contributed by atoms with E-state index in [9.17, 15) is 14.9 Å². The fourth-order valence-electron chi connectivity index (χ4n) is 1.41. The molecule has 6 nitrogen and oxygen atoms in total. The van der Waals surface area contributed by atoms with E-state index in [1.165, 1.54) is 18.2 Å². The lowest BCUT2D eigenvalue weighted by molar-refractivity contribution is -0.385. The Bertz CT molecular complexity index is 518. The van der Waals surface area contributed by atoms with Crippen molar-refractivity contribution >= 4 is 11.6 Å². The largest absolute Gasteiger partial charge is 0.352 e. The molecule has 0 spiro atoms. The molecule has 0 radical (unpaired) electrons. The Labute approximate surface area is 104 Å². The van der Waals surface area contributed by atoms with Crippen molar-refractivity contribution in [2.45, 2.75) is 13.8 Å². The number of nitriles is 1. The number of nitrogens with zero attached hydrogens (tertiary/aromatic N) is 2. The van der Waals surface area contributed by atoms with Crippen LogP contribution in [0.5, 0.6) is 0 Å². The lowest BCUT2D eigenvalue weighted by Crippen LogP contribution is -2.28. The van der Waals surface area contributed by atoms with Crippen molar-refractivity contribution in [3.8, 4) is 6.07 Å². The molecule has 1 amide bonds. The lowest BCUT2D eigenvalue weighted by Gasteiger charge is -2.08. The molecule has 0 aliphatic carbocycles. The number of rotatable bonds is 4. The summed E-state index contributed by atoms with van der Waals surface area (Å²) in [4.78, 5) is 22.0. The molecule has 0 saturated heterocycles. The number of amides is 1. The van der Waals surface area contributed by atoms with Crippen molar-refractivity contribution in [2.24, 2.45) is 5.92 Å². The van der Waals surface area contributed by atoms with Crippen LogP contribution in [0.1, 0.15) is 29.8 Å². The SMILES string of the molecule is CC(C)CNC(=O)c1cccc(C#N)c1[N+](=O)[O-]. The molecule has 0 fully saturated rings. The molecule has 0 heterocycles. The second-order valence-electron chi connectivity index (χ2n) is 4.17. The third-order valence-electron chi connectivity index (χ3n) is 2.25. The Morgan fingerprint density at radius 1 is 1.56 bits per heavy atom. The highest BCUT2D eigenvalue weighted by atomic mass is 16.6. The van der Waals surface area contributed by atoms with Gasteiger partial charge in [-0.05, 0) is 18.1 Å². The quantitative estimate of drug-likeness (QED) is 0.648. The number of nitro benzene ring substituents is 1. The van der Waals surface area contributed by atoms with Crippen LogP contribution in [0.3, 0.4) is 0 Å². The van der Waals surface area contributed by atoms with Gasteiger partial charge in [-0.3, -0.25) is 14.9 Å². The zero-order valence-corrected chi connectivity index (χ0v) is 10.1. The van der Waals surface area contributed by atoms with Crippen LogP contribution in [-0.4, -0.2) is 17.4 Å². The van der Waals surface area contributed by atoms with Crippen LogP contribution in [0, 0.1) is 27.4 Å². The maximum Gasteiger partial charge on any atom is 0.299 e. The first-order chi connectivity index (χ1) is 8.47. The first kappa shape index (κ1) is 13.6. The number of carbonyl (C=O) groups excluding carboxylic acids is 1. The molecule has 94 valence electrons. The van der Waals surface area contributed by atoms with Crippen molar-refractivity contribution in [3.05, 3.63) is 39.4 Å². The lowest BCUT2D eigenvalue weighted by atomic mass is 10.1. The van der Waals surface area contributed by atoms with Gasteiger partial charge in [0.15, 0.2) is 0 Å². The number of hydrogen-bond acceptors (Lipinski definition) is 4. The number of carbonyl (C=O) groups is 1. The average Bonchev–Trinajstić information content (AvgIpc) is 2.34. The summed E-state index contributed by atoms with van der Waals surface area (Å²) in [6, 6.07) is 5.83. The molecule has 0 aliphatic heterocycles. The zero-order valence-electron chi connectivity index (χ0n) is 10.1. The molecule has 0 aromatic heterocycles. The highest BCUT2D eigenvalue weighted by Gasteiger charge is 2.24. The summed E-state index contributed by atoms with van der Waals surface area (Å²) >= 11 is 0. The molecule has 18 heavy (non-hydrogen) atoms. The summed E-state index contributed by atoms with van der Waals surface area (Å²) in [5.74, 6) is -0.292. The summed E-state index contributed by atoms with van der Waals surface area (Å²) in [5, 5.41) is 22.3. The number of benzene rings is 1. The first-order valence-corrected chi connectivity index (χ1v) is 5.43. The first-order valence-electron chi connectivity index (χ1n) is 5.43. The predicted molar refractivity (Wildman–Crippen MR) is 65.0 cm³/mol. The summed E-state index contributed by atoms with van der Waals surface area (Å²) in [6.45, 7) is 4.26. The van der Waals surface area contributed by atoms with Gasteiger partial charge in [0.05, 0.1) is 4.92 Å². The van der Waals surface area contributed by atoms with Crippen LogP contribution in [-0.2, 0) is 0 Å². The maximum absolute atomic E-state index is 11.8. The van der Waals surface area contributed by atoms with Gasteiger partial charge >= 0.3 is 0 Å². The van der Waals surface area contributed by atoms with E-state index < -0.39 is 16.5 Å². The Morgan fingerprint density at radius 3 is 2.72 bits per heavy atom. The molecule has 0 unspecified atom stereocenters. The number of hydrogen-bond donors (Lipinski definition) is 1. The highest BCUT2D eigenvalue weighted by Crippen LogP contribution is 2.23. The smallest absolute Gasteiger partial charge is 0.299 e. The average molecular weight is 247 g/mol. The van der Waals surface area contributed by atoms with E-state index in [0.29, 0.717) is 6.54 Å². The van der Waals surface area contributed by atoms with E-state index in [1.807, 2.05) is 13.8 Å². The van der Waals surface area contributed by atoms with Gasteiger partial charge < -0.3 is 5.32 Å². The minimum Gasteiger partial charge on any atom is -0.352 e. The summed E-state index contributed by atoms with van der Waals surface area (Å²) in [5.41, 5.74) is -0.641. The third kappa shape index (κ3) is 3.04. The molecule has 1 N–H and O–H groups in total. The van der Waals surface area contributed by atoms with Gasteiger partial charge in [0.1, 0.15) is 17.2 Å². The van der Waals surface area contributed by atoms with Gasteiger partial charge in [-0.25, -0.2) is 0 Å². The van der Waals surface area contributed by atoms with Crippen LogP contribution in [0.4, 0.5) is 5.69 Å². The fraction of sp³-hybridized carbons (Fsp3) is 0.333. The number of nitrogens with one attached hydrogen (secondary N) is 1. The minimum atomic E-state index is -0.706. The van der Waals surface area contributed by atoms with Gasteiger partial charge in [0, 0.05) is 6.54 Å². The second kappa shape index (κ2) is 5.77. The molecular formula is C12H13N3O3. The summed E-state index contributed by atoms with van der Waals surface area (Å²) < 4.78 is 0. The third-order valence-corrected chi connectivity index (χ3v) is 2.25. The molecule has 1 aromatic carbocycles. The van der Waals surface area contributed by atoms with E-state index in [4.69, 9.17) is 5.26 Å². The van der Waals surface area contributed by atoms with Crippen molar-refractivity contribution in [1.82, 2.24) is 5.32 Å². The van der Waals surface area contributed by atoms with Gasteiger partial charge in [-0.15, -0.1) is 0 Å². The second-order valence-corrected chi connectivity index (χ2v) is 4.17. The van der Waals surface area contributed by atoms with Gasteiger partial charge in [-0.2, -0.15) is 5.26 Å². The van der Waals surface area contributed by atoms with Crippen LogP contribution in [0.15, 0.2) is 18.2 Å². The van der Waals surface area contributed by atoms with E-state index in [-0.39, 0.29) is 17.0 Å². The Kier molecular flexibility index (Phi) is 4.38. The highest BCUT2D eigenvalue weighted by molar-refractivity contribution is 5.99. The van der Waals surface area contributed by atoms with E-state index in [1.54, 1.807) is 6.07 Å². The maximum atomic E-state index is 11.8. The van der Waals surface area contributed by atoms with Crippen molar-refractivity contribution in [1.29, 1.82) is 5.26 Å². The molecule has 0 atom stereocenters. The van der Waals surface area contributed by atoms with Crippen LogP contribution in [0.25, 0.3) is 0 Å². The Balaban J connectivity index is 3.13. The van der Waals surface area contributed by atoms with E-state index in [2.05, 4.69) is 5.32 Å². The van der Waals surface area contributed by atoms with Gasteiger partial charge in [0.2, 0.25) is 0 Å². The molecular weight excluding hydrogens is 234 g/mol. The molecule has 1 aromatic rings. The minimum absolute atomic E-state index is 0.0836. The van der Waals surface area contributed by atoms with Gasteiger partial charge in [0.25, 0.3) is 11.6 Å². The van der Waals surface area contributed by atoms with E-state index >= 15 is 0 Å². The Hall–Kier alpha value is -2.42. The molecule has 1 rings (SSSR count). The van der Waals surface area contributed by atoms with Crippen molar-refractivity contribution < 1.29 is 9.72 Å². The standard InChI is InChI=1S/C12H13N3O3/c1-8(2)7-14-12(16)10-5-3-4-9(6-13)11(10)15(17)18/h3-5,8H,7H2,1-2H3,(H,14,16). The summed E-state index contributed by atoms with van der Waals surface area (Å²) in [7, 11) is 0. The normalized spacial score (nSPS) is 9.89. The van der Waals surface area contributed by atoms with Crippen LogP contribution >= 0.6 is 0 Å². The molecule has 6 heteroatoms. The molecule has 0 aliphatic rings. The predicted octanol–water partition coefficient (Wildman–Crippen LogP) is 1.85. The number of para-hydroxylation sites is 1. The van der Waals surface area contributed by atoms with Crippen molar-refractivity contribution in [3.63, 3.8) is 0 Å². The van der Waals surface area contributed by atoms with Crippen molar-refractivity contribution in [2.75, 3.05) is 6.54 Å². The van der Waals surface area contributed by atoms with Crippen LogP contribution in [0.2, 0.25) is 0 Å². The monoisotopic (exact) mass is 247 g/mol. The molecule has 0 bridgehead atoms. The fourth-order valence-corrected chi connectivity index (χ4v) is 1.41. The summed E-state index contributed by atoms with van der Waals surface area (Å²) in [6.07, 6.45) is 0. The zero-order chi connectivity index (χ0) is 13.7. The van der Waals surface area contributed by atoms with E-state index in [0.717, 1.165) is 0 Å². The van der Waals surface area contributed by atoms with Crippen LogP contribution < -0.4 is 5.32 Å². The Morgan fingerprint density at radius 2 is 2.22 bits per heavy atom.